The van der Waals surface area contributed by atoms with Gasteiger partial charge in [-0.2, -0.15) is 5.26 Å². The van der Waals surface area contributed by atoms with Crippen LogP contribution in [0.4, 0.5) is 0 Å². The smallest absolute Gasteiger partial charge is 0.176 e. The Morgan fingerprint density at radius 3 is 2.69 bits per heavy atom. The molecule has 0 radical (unpaired) electrons. The molecule has 1 aliphatic rings. The molecule has 0 saturated carbocycles. The van der Waals surface area contributed by atoms with E-state index in [-0.39, 0.29) is 0 Å². The first-order chi connectivity index (χ1) is 7.79. The van der Waals surface area contributed by atoms with E-state index in [0.29, 0.717) is 6.42 Å². The molecule has 1 aromatic carbocycles. The topological polar surface area (TPSA) is 33.0 Å². The molecule has 2 heteroatoms. The molecular weight excluding hydrogens is 198 g/mol. The number of benzene rings is 1. The van der Waals surface area contributed by atoms with Crippen molar-refractivity contribution in [2.24, 2.45) is 0 Å². The predicted octanol–water partition coefficient (Wildman–Crippen LogP) is 2.94. The van der Waals surface area contributed by atoms with Crippen LogP contribution < -0.4 is 0 Å². The fourth-order valence-electron chi connectivity index (χ4n) is 1.83. The lowest BCUT2D eigenvalue weighted by atomic mass is 9.87. The fourth-order valence-corrected chi connectivity index (χ4v) is 1.83. The monoisotopic (exact) mass is 211 g/mol. The van der Waals surface area contributed by atoms with Crippen LogP contribution in [-0.4, -0.2) is 12.7 Å². The summed E-state index contributed by atoms with van der Waals surface area (Å²) in [5.41, 5.74) is 1.47. The lowest BCUT2D eigenvalue weighted by Gasteiger charge is -2.25. The van der Waals surface area contributed by atoms with Crippen LogP contribution in [-0.2, 0) is 4.74 Å². The van der Waals surface area contributed by atoms with Crippen LogP contribution in [0.5, 0.6) is 0 Å². The molecular formula is C14H13NO. The minimum Gasteiger partial charge on any atom is -0.359 e. The van der Waals surface area contributed by atoms with Gasteiger partial charge in [0.05, 0.1) is 0 Å². The molecule has 80 valence electrons. The van der Waals surface area contributed by atoms with Crippen molar-refractivity contribution in [3.8, 4) is 6.07 Å². The Bertz CT molecular complexity index is 467. The average Bonchev–Trinajstić information content (AvgIpc) is 2.40. The van der Waals surface area contributed by atoms with Crippen LogP contribution in [0.15, 0.2) is 48.6 Å². The van der Waals surface area contributed by atoms with Gasteiger partial charge in [0, 0.05) is 13.5 Å². The molecule has 0 amide bonds. The van der Waals surface area contributed by atoms with E-state index in [0.717, 1.165) is 11.1 Å². The van der Waals surface area contributed by atoms with E-state index in [1.54, 1.807) is 13.2 Å². The summed E-state index contributed by atoms with van der Waals surface area (Å²) < 4.78 is 5.29. The van der Waals surface area contributed by atoms with Crippen molar-refractivity contribution in [2.75, 3.05) is 7.11 Å². The molecule has 16 heavy (non-hydrogen) atoms. The zero-order valence-corrected chi connectivity index (χ0v) is 9.18. The first-order valence-corrected chi connectivity index (χ1v) is 5.20. The maximum atomic E-state index is 9.15. The molecule has 1 atom stereocenters. The number of allylic oxidation sites excluding steroid dienone is 2. The van der Waals surface area contributed by atoms with Gasteiger partial charge in [-0.1, -0.05) is 42.5 Å². The van der Waals surface area contributed by atoms with Gasteiger partial charge in [0.15, 0.2) is 5.60 Å². The number of nitrogens with zero attached hydrogens (tertiary/aromatic N) is 1. The average molecular weight is 211 g/mol. The van der Waals surface area contributed by atoms with Gasteiger partial charge in [-0.15, -0.1) is 0 Å². The highest BCUT2D eigenvalue weighted by atomic mass is 16.5. The molecule has 0 N–H and O–H groups in total. The molecule has 0 aliphatic heterocycles. The van der Waals surface area contributed by atoms with E-state index in [4.69, 9.17) is 10.00 Å². The Labute approximate surface area is 95.5 Å². The Morgan fingerprint density at radius 2 is 2.06 bits per heavy atom. The van der Waals surface area contributed by atoms with Gasteiger partial charge in [0.2, 0.25) is 0 Å². The number of rotatable bonds is 2. The molecule has 0 saturated heterocycles. The van der Waals surface area contributed by atoms with E-state index in [1.165, 1.54) is 0 Å². The number of methoxy groups -OCH3 is 1. The number of hydrogen-bond donors (Lipinski definition) is 0. The lowest BCUT2D eigenvalue weighted by molar-refractivity contribution is 0.0845. The quantitative estimate of drug-likeness (QED) is 0.753. The summed E-state index contributed by atoms with van der Waals surface area (Å²) in [6, 6.07) is 12.3. The van der Waals surface area contributed by atoms with Gasteiger partial charge in [0.1, 0.15) is 6.07 Å². The number of ether oxygens (including phenoxy) is 1. The molecule has 0 aromatic heterocycles. The zero-order chi connectivity index (χ0) is 11.4. The maximum absolute atomic E-state index is 9.15. The van der Waals surface area contributed by atoms with Crippen molar-refractivity contribution in [3.63, 3.8) is 0 Å². The van der Waals surface area contributed by atoms with Crippen LogP contribution >= 0.6 is 0 Å². The number of hydrogen-bond acceptors (Lipinski definition) is 2. The molecule has 0 spiro atoms. The second-order valence-electron chi connectivity index (χ2n) is 3.80. The summed E-state index contributed by atoms with van der Waals surface area (Å²) in [4.78, 5) is 0. The Balaban J connectivity index is 2.31. The van der Waals surface area contributed by atoms with Crippen LogP contribution in [0.2, 0.25) is 0 Å². The highest BCUT2D eigenvalue weighted by molar-refractivity contribution is 5.70. The Morgan fingerprint density at radius 1 is 1.31 bits per heavy atom. The largest absolute Gasteiger partial charge is 0.359 e. The standard InChI is InChI=1S/C14H13NO/c1-16-14(11-15)9-5-8-13(10-14)12-6-3-2-4-7-12/h2-9H,10H2,1H3. The number of nitriles is 1. The molecule has 1 unspecified atom stereocenters. The van der Waals surface area contributed by atoms with Gasteiger partial charge in [-0.3, -0.25) is 0 Å². The maximum Gasteiger partial charge on any atom is 0.176 e. The van der Waals surface area contributed by atoms with Crippen molar-refractivity contribution in [1.29, 1.82) is 5.26 Å². The third-order valence-corrected chi connectivity index (χ3v) is 2.81. The predicted molar refractivity (Wildman–Crippen MR) is 63.5 cm³/mol. The van der Waals surface area contributed by atoms with Crippen LogP contribution in [0.3, 0.4) is 0 Å². The van der Waals surface area contributed by atoms with E-state index in [1.807, 2.05) is 42.5 Å². The molecule has 0 bridgehead atoms. The van der Waals surface area contributed by atoms with Gasteiger partial charge in [-0.25, -0.2) is 0 Å². The molecule has 1 aromatic rings. The minimum absolute atomic E-state index is 0.598. The summed E-state index contributed by atoms with van der Waals surface area (Å²) in [5, 5.41) is 9.15. The third-order valence-electron chi connectivity index (χ3n) is 2.81. The second-order valence-corrected chi connectivity index (χ2v) is 3.80. The lowest BCUT2D eigenvalue weighted by Crippen LogP contribution is -2.28. The summed E-state index contributed by atoms with van der Waals surface area (Å²) in [6.07, 6.45) is 6.32. The first kappa shape index (κ1) is 10.7. The van der Waals surface area contributed by atoms with Crippen molar-refractivity contribution in [1.82, 2.24) is 0 Å². The van der Waals surface area contributed by atoms with E-state index >= 15 is 0 Å². The van der Waals surface area contributed by atoms with Crippen LogP contribution in [0.25, 0.3) is 5.57 Å². The summed E-state index contributed by atoms with van der Waals surface area (Å²) in [5.74, 6) is 0. The van der Waals surface area contributed by atoms with Crippen molar-refractivity contribution >= 4 is 5.57 Å². The van der Waals surface area contributed by atoms with E-state index in [2.05, 4.69) is 6.07 Å². The van der Waals surface area contributed by atoms with Gasteiger partial charge >= 0.3 is 0 Å². The van der Waals surface area contributed by atoms with Crippen molar-refractivity contribution in [2.45, 2.75) is 12.0 Å². The molecule has 0 fully saturated rings. The molecule has 2 nitrogen and oxygen atoms in total. The van der Waals surface area contributed by atoms with Gasteiger partial charge < -0.3 is 4.74 Å². The normalized spacial score (nSPS) is 23.6. The summed E-state index contributed by atoms with van der Waals surface area (Å²) in [6.45, 7) is 0. The minimum atomic E-state index is -0.806. The Kier molecular flexibility index (Phi) is 2.89. The van der Waals surface area contributed by atoms with E-state index in [9.17, 15) is 0 Å². The van der Waals surface area contributed by atoms with Gasteiger partial charge in [0.25, 0.3) is 0 Å². The molecule has 2 rings (SSSR count). The Hall–Kier alpha value is -1.85. The summed E-state index contributed by atoms with van der Waals surface area (Å²) in [7, 11) is 1.57. The van der Waals surface area contributed by atoms with E-state index < -0.39 is 5.60 Å². The highest BCUT2D eigenvalue weighted by Gasteiger charge is 2.29. The van der Waals surface area contributed by atoms with Crippen LogP contribution in [0, 0.1) is 11.3 Å². The SMILES string of the molecule is COC1(C#N)C=CC=C(c2ccccc2)C1. The van der Waals surface area contributed by atoms with Crippen LogP contribution in [0.1, 0.15) is 12.0 Å². The first-order valence-electron chi connectivity index (χ1n) is 5.20. The molecule has 1 aliphatic carbocycles. The second kappa shape index (κ2) is 4.34. The van der Waals surface area contributed by atoms with Crippen molar-refractivity contribution < 1.29 is 4.74 Å². The summed E-state index contributed by atoms with van der Waals surface area (Å²) >= 11 is 0. The van der Waals surface area contributed by atoms with Crippen molar-refractivity contribution in [3.05, 3.63) is 54.1 Å². The van der Waals surface area contributed by atoms with Gasteiger partial charge in [-0.05, 0) is 17.2 Å². The molecule has 0 heterocycles. The highest BCUT2D eigenvalue weighted by Crippen LogP contribution is 2.31. The zero-order valence-electron chi connectivity index (χ0n) is 9.18. The fraction of sp³-hybridized carbons (Fsp3) is 0.214. The third kappa shape index (κ3) is 1.91.